The van der Waals surface area contributed by atoms with E-state index in [9.17, 15) is 21.6 Å². The lowest BCUT2D eigenvalue weighted by Crippen LogP contribution is -2.27. The molecule has 0 radical (unpaired) electrons. The molecule has 3 N–H and O–H groups in total. The Bertz CT molecular complexity index is 1090. The van der Waals surface area contributed by atoms with Gasteiger partial charge in [0.2, 0.25) is 15.9 Å². The molecule has 0 aliphatic carbocycles. The summed E-state index contributed by atoms with van der Waals surface area (Å²) < 4.78 is 54.1. The molecule has 2 aromatic rings. The minimum Gasteiger partial charge on any atom is -0.387 e. The summed E-state index contributed by atoms with van der Waals surface area (Å²) in [6.45, 7) is 0.239. The highest BCUT2D eigenvalue weighted by molar-refractivity contribution is 7.92. The zero-order chi connectivity index (χ0) is 21.1. The third-order valence-electron chi connectivity index (χ3n) is 4.38. The monoisotopic (exact) mass is 439 g/mol. The number of carbonyl (C=O) groups excluding carboxylic acids is 1. The zero-order valence-electron chi connectivity index (χ0n) is 15.4. The predicted octanol–water partition coefficient (Wildman–Crippen LogP) is 1.20. The summed E-state index contributed by atoms with van der Waals surface area (Å²) in [7, 11) is -7.59. The fourth-order valence-electron chi connectivity index (χ4n) is 2.94. The third-order valence-corrected chi connectivity index (χ3v) is 7.69. The molecule has 11 heteroatoms. The van der Waals surface area contributed by atoms with Crippen LogP contribution in [0.5, 0.6) is 0 Å². The maximum absolute atomic E-state index is 12.6. The van der Waals surface area contributed by atoms with Crippen molar-refractivity contribution in [1.82, 2.24) is 4.31 Å². The minimum atomic E-state index is -3.97. The van der Waals surface area contributed by atoms with Crippen LogP contribution < -0.4 is 10.0 Å². The molecule has 1 aliphatic heterocycles. The van der Waals surface area contributed by atoms with Gasteiger partial charge in [0.05, 0.1) is 15.5 Å². The smallest absolute Gasteiger partial charge is 0.261 e. The predicted molar refractivity (Wildman–Crippen MR) is 107 cm³/mol. The van der Waals surface area contributed by atoms with Gasteiger partial charge in [-0.25, -0.2) is 16.8 Å². The summed E-state index contributed by atoms with van der Waals surface area (Å²) in [4.78, 5) is 11.2. The number of carbonyl (C=O) groups is 1. The van der Waals surface area contributed by atoms with Gasteiger partial charge >= 0.3 is 0 Å². The molecule has 1 fully saturated rings. The van der Waals surface area contributed by atoms with Gasteiger partial charge in [0.15, 0.2) is 0 Å². The Morgan fingerprint density at radius 2 is 1.52 bits per heavy atom. The number of amides is 1. The first-order valence-electron chi connectivity index (χ1n) is 8.86. The number of aliphatic hydroxyl groups is 1. The van der Waals surface area contributed by atoms with Crippen molar-refractivity contribution in [2.45, 2.75) is 22.6 Å². The molecule has 1 heterocycles. The number of aliphatic hydroxyl groups excluding tert-OH is 1. The third kappa shape index (κ3) is 4.93. The van der Waals surface area contributed by atoms with Crippen LogP contribution in [0.2, 0.25) is 0 Å². The summed E-state index contributed by atoms with van der Waals surface area (Å²) >= 11 is 0. The van der Waals surface area contributed by atoms with E-state index in [4.69, 9.17) is 5.11 Å². The Labute approximate surface area is 169 Å². The summed E-state index contributed by atoms with van der Waals surface area (Å²) in [5, 5.41) is 11.2. The highest BCUT2D eigenvalue weighted by Gasteiger charge is 2.27. The Morgan fingerprint density at radius 3 is 2.14 bits per heavy atom. The van der Waals surface area contributed by atoms with Crippen molar-refractivity contribution in [2.75, 3.05) is 29.7 Å². The molecule has 1 amide bonds. The van der Waals surface area contributed by atoms with Gasteiger partial charge in [-0.3, -0.25) is 9.52 Å². The summed E-state index contributed by atoms with van der Waals surface area (Å²) in [6, 6.07) is 11.0. The van der Waals surface area contributed by atoms with Crippen LogP contribution in [-0.2, 0) is 24.8 Å². The number of hydrogen-bond donors (Lipinski definition) is 3. The van der Waals surface area contributed by atoms with Gasteiger partial charge in [0.1, 0.15) is 6.61 Å². The van der Waals surface area contributed by atoms with Crippen molar-refractivity contribution < 1.29 is 26.7 Å². The van der Waals surface area contributed by atoms with Crippen molar-refractivity contribution in [3.63, 3.8) is 0 Å². The zero-order valence-corrected chi connectivity index (χ0v) is 17.0. The van der Waals surface area contributed by atoms with Gasteiger partial charge < -0.3 is 10.4 Å². The van der Waals surface area contributed by atoms with Gasteiger partial charge in [-0.15, -0.1) is 0 Å². The van der Waals surface area contributed by atoms with Gasteiger partial charge in [-0.1, -0.05) is 6.07 Å². The molecule has 2 aromatic carbocycles. The molecule has 1 saturated heterocycles. The van der Waals surface area contributed by atoms with Crippen molar-refractivity contribution in [3.05, 3.63) is 48.5 Å². The van der Waals surface area contributed by atoms with Crippen molar-refractivity contribution >= 4 is 37.3 Å². The Morgan fingerprint density at radius 1 is 0.931 bits per heavy atom. The van der Waals surface area contributed by atoms with Crippen LogP contribution in [0.25, 0.3) is 0 Å². The molecule has 0 aromatic heterocycles. The highest BCUT2D eigenvalue weighted by atomic mass is 32.2. The molecule has 9 nitrogen and oxygen atoms in total. The molecule has 0 spiro atoms. The van der Waals surface area contributed by atoms with Crippen molar-refractivity contribution in [3.8, 4) is 0 Å². The second kappa shape index (κ2) is 8.49. The lowest BCUT2D eigenvalue weighted by molar-refractivity contribution is -0.118. The lowest BCUT2D eigenvalue weighted by atomic mass is 10.3. The van der Waals surface area contributed by atoms with E-state index in [1.54, 1.807) is 6.07 Å². The fourth-order valence-corrected chi connectivity index (χ4v) is 5.51. The molecule has 0 bridgehead atoms. The summed E-state index contributed by atoms with van der Waals surface area (Å²) in [5.74, 6) is -0.625. The molecule has 156 valence electrons. The second-order valence-corrected chi connectivity index (χ2v) is 10.1. The molecule has 29 heavy (non-hydrogen) atoms. The van der Waals surface area contributed by atoms with E-state index in [0.717, 1.165) is 12.8 Å². The number of anilines is 2. The standard InChI is InChI=1S/C18H21N3O6S2/c22-13-18(23)19-14-4-3-5-15(12-14)20-28(24,25)16-6-8-17(9-7-16)29(26,27)21-10-1-2-11-21/h3-9,12,20,22H,1-2,10-11,13H2,(H,19,23). The number of nitrogens with one attached hydrogen (secondary N) is 2. The molecule has 3 rings (SSSR count). The molecule has 0 saturated carbocycles. The average Bonchev–Trinajstić information content (AvgIpc) is 3.23. The first-order chi connectivity index (χ1) is 13.7. The van der Waals surface area contributed by atoms with Gasteiger partial charge in [0, 0.05) is 18.8 Å². The Kier molecular flexibility index (Phi) is 6.22. The first-order valence-corrected chi connectivity index (χ1v) is 11.8. The molecular weight excluding hydrogens is 418 g/mol. The molecule has 0 atom stereocenters. The van der Waals surface area contributed by atoms with Crippen LogP contribution in [0.1, 0.15) is 12.8 Å². The topological polar surface area (TPSA) is 133 Å². The van der Waals surface area contributed by atoms with Gasteiger partial charge in [-0.05, 0) is 55.3 Å². The normalized spacial score (nSPS) is 15.2. The van der Waals surface area contributed by atoms with Crippen LogP contribution >= 0.6 is 0 Å². The SMILES string of the molecule is O=C(CO)Nc1cccc(NS(=O)(=O)c2ccc(S(=O)(=O)N3CCCC3)cc2)c1. The number of sulfonamides is 2. The van der Waals surface area contributed by atoms with Crippen LogP contribution in [0.4, 0.5) is 11.4 Å². The van der Waals surface area contributed by atoms with Crippen molar-refractivity contribution in [2.24, 2.45) is 0 Å². The minimum absolute atomic E-state index is 0.0482. The Hall–Kier alpha value is -2.47. The quantitative estimate of drug-likeness (QED) is 0.594. The van der Waals surface area contributed by atoms with Crippen LogP contribution in [0.15, 0.2) is 58.3 Å². The second-order valence-electron chi connectivity index (χ2n) is 6.48. The summed E-state index contributed by atoms with van der Waals surface area (Å²) in [6.07, 6.45) is 1.63. The van der Waals surface area contributed by atoms with E-state index in [1.807, 2.05) is 0 Å². The average molecular weight is 440 g/mol. The number of benzene rings is 2. The molecule has 1 aliphatic rings. The highest BCUT2D eigenvalue weighted by Crippen LogP contribution is 2.24. The van der Waals surface area contributed by atoms with E-state index < -0.39 is 32.6 Å². The maximum Gasteiger partial charge on any atom is 0.261 e. The number of nitrogens with zero attached hydrogens (tertiary/aromatic N) is 1. The largest absolute Gasteiger partial charge is 0.387 e. The summed E-state index contributed by atoms with van der Waals surface area (Å²) in [5.41, 5.74) is 0.519. The molecular formula is C18H21N3O6S2. The van der Waals surface area contributed by atoms with E-state index in [0.29, 0.717) is 18.8 Å². The Balaban J connectivity index is 1.78. The van der Waals surface area contributed by atoms with E-state index in [1.165, 1.54) is 46.8 Å². The number of hydrogen-bond acceptors (Lipinski definition) is 6. The van der Waals surface area contributed by atoms with Gasteiger partial charge in [0.25, 0.3) is 10.0 Å². The fraction of sp³-hybridized carbons (Fsp3) is 0.278. The first kappa shape index (κ1) is 21.2. The number of rotatable bonds is 7. The van der Waals surface area contributed by atoms with Crippen molar-refractivity contribution in [1.29, 1.82) is 0 Å². The van der Waals surface area contributed by atoms with E-state index in [-0.39, 0.29) is 15.5 Å². The maximum atomic E-state index is 12.6. The van der Waals surface area contributed by atoms with E-state index >= 15 is 0 Å². The lowest BCUT2D eigenvalue weighted by Gasteiger charge is -2.16. The van der Waals surface area contributed by atoms with Crippen LogP contribution in [0.3, 0.4) is 0 Å². The van der Waals surface area contributed by atoms with E-state index in [2.05, 4.69) is 10.0 Å². The van der Waals surface area contributed by atoms with Gasteiger partial charge in [-0.2, -0.15) is 4.31 Å². The van der Waals surface area contributed by atoms with Crippen LogP contribution in [0, 0.1) is 0 Å². The molecule has 0 unspecified atom stereocenters. The van der Waals surface area contributed by atoms with Crippen LogP contribution in [-0.4, -0.2) is 51.9 Å².